The summed E-state index contributed by atoms with van der Waals surface area (Å²) in [5.74, 6) is 0. The van der Waals surface area contributed by atoms with Crippen LogP contribution in [-0.4, -0.2) is 33.6 Å². The third kappa shape index (κ3) is 8.90. The van der Waals surface area contributed by atoms with E-state index in [4.69, 9.17) is 5.11 Å². The second kappa shape index (κ2) is 10.8. The van der Waals surface area contributed by atoms with Crippen molar-refractivity contribution in [1.82, 2.24) is 0 Å². The molecule has 0 aliphatic rings. The quantitative estimate of drug-likeness (QED) is 0.473. The van der Waals surface area contributed by atoms with Crippen LogP contribution in [0.2, 0.25) is 0 Å². The summed E-state index contributed by atoms with van der Waals surface area (Å²) in [5.41, 5.74) is -1.05. The summed E-state index contributed by atoms with van der Waals surface area (Å²) in [6.07, 6.45) is 9.52. The summed E-state index contributed by atoms with van der Waals surface area (Å²) in [5, 5.41) is 28.7. The van der Waals surface area contributed by atoms with Crippen molar-refractivity contribution in [3.05, 3.63) is 0 Å². The Balaban J connectivity index is 3.53. The highest BCUT2D eigenvalue weighted by Gasteiger charge is 2.28. The zero-order valence-electron chi connectivity index (χ0n) is 12.2. The number of hydrogen-bond acceptors (Lipinski definition) is 3. The molecule has 0 aromatic carbocycles. The monoisotopic (exact) mass is 260 g/mol. The zero-order chi connectivity index (χ0) is 13.9. The van der Waals surface area contributed by atoms with E-state index in [-0.39, 0.29) is 6.61 Å². The Morgan fingerprint density at radius 3 is 2.06 bits per heavy atom. The van der Waals surface area contributed by atoms with E-state index in [1.807, 2.05) is 0 Å². The van der Waals surface area contributed by atoms with Gasteiger partial charge in [0.15, 0.2) is 0 Å². The van der Waals surface area contributed by atoms with Gasteiger partial charge in [0.1, 0.15) is 0 Å². The molecule has 0 spiro atoms. The highest BCUT2D eigenvalue weighted by Crippen LogP contribution is 2.21. The van der Waals surface area contributed by atoms with Gasteiger partial charge in [-0.3, -0.25) is 0 Å². The molecule has 0 rings (SSSR count). The SMILES string of the molecule is CCCCCCCCCC(O)C(C)(O)CCCO. The Hall–Kier alpha value is -0.120. The van der Waals surface area contributed by atoms with Gasteiger partial charge in [-0.2, -0.15) is 0 Å². The van der Waals surface area contributed by atoms with Crippen LogP contribution in [0.5, 0.6) is 0 Å². The molecule has 2 atom stereocenters. The molecule has 0 fully saturated rings. The molecular weight excluding hydrogens is 228 g/mol. The maximum Gasteiger partial charge on any atom is 0.0878 e. The molecule has 0 saturated carbocycles. The fourth-order valence-corrected chi connectivity index (χ4v) is 2.21. The summed E-state index contributed by atoms with van der Waals surface area (Å²) in [6, 6.07) is 0. The van der Waals surface area contributed by atoms with E-state index in [0.29, 0.717) is 19.3 Å². The first-order valence-corrected chi connectivity index (χ1v) is 7.56. The van der Waals surface area contributed by atoms with E-state index in [0.717, 1.165) is 12.8 Å². The van der Waals surface area contributed by atoms with Crippen LogP contribution < -0.4 is 0 Å². The van der Waals surface area contributed by atoms with Crippen molar-refractivity contribution in [3.63, 3.8) is 0 Å². The number of unbranched alkanes of at least 4 members (excludes halogenated alkanes) is 6. The normalized spacial score (nSPS) is 16.5. The maximum atomic E-state index is 10.0. The predicted octanol–water partition coefficient (Wildman–Crippen LogP) is 3.01. The van der Waals surface area contributed by atoms with E-state index >= 15 is 0 Å². The summed E-state index contributed by atoms with van der Waals surface area (Å²) in [6.45, 7) is 3.94. The van der Waals surface area contributed by atoms with Gasteiger partial charge < -0.3 is 15.3 Å². The standard InChI is InChI=1S/C15H32O3/c1-3-4-5-6-7-8-9-11-14(17)15(2,18)12-10-13-16/h14,16-18H,3-13H2,1-2H3. The third-order valence-electron chi connectivity index (χ3n) is 3.64. The van der Waals surface area contributed by atoms with E-state index in [9.17, 15) is 10.2 Å². The lowest BCUT2D eigenvalue weighted by molar-refractivity contribution is -0.0735. The van der Waals surface area contributed by atoms with Gasteiger partial charge in [0.2, 0.25) is 0 Å². The Kier molecular flexibility index (Phi) is 10.7. The van der Waals surface area contributed by atoms with Gasteiger partial charge in [-0.25, -0.2) is 0 Å². The molecule has 0 bridgehead atoms. The van der Waals surface area contributed by atoms with Crippen molar-refractivity contribution in [3.8, 4) is 0 Å². The Morgan fingerprint density at radius 2 is 1.50 bits per heavy atom. The fraction of sp³-hybridized carbons (Fsp3) is 1.00. The Morgan fingerprint density at radius 1 is 0.944 bits per heavy atom. The molecule has 0 amide bonds. The number of aliphatic hydroxyl groups excluding tert-OH is 2. The lowest BCUT2D eigenvalue weighted by Gasteiger charge is -2.29. The first-order chi connectivity index (χ1) is 8.54. The van der Waals surface area contributed by atoms with Gasteiger partial charge >= 0.3 is 0 Å². The van der Waals surface area contributed by atoms with Gasteiger partial charge in [0.25, 0.3) is 0 Å². The van der Waals surface area contributed by atoms with Crippen LogP contribution in [0.1, 0.15) is 78.1 Å². The second-order valence-electron chi connectivity index (χ2n) is 5.61. The molecule has 0 aliphatic carbocycles. The summed E-state index contributed by atoms with van der Waals surface area (Å²) in [4.78, 5) is 0. The van der Waals surface area contributed by atoms with E-state index in [2.05, 4.69) is 6.92 Å². The van der Waals surface area contributed by atoms with Crippen LogP contribution in [0, 0.1) is 0 Å². The zero-order valence-corrected chi connectivity index (χ0v) is 12.2. The molecule has 3 heteroatoms. The molecule has 0 radical (unpaired) electrons. The van der Waals surface area contributed by atoms with Crippen molar-refractivity contribution in [1.29, 1.82) is 0 Å². The molecule has 0 aliphatic heterocycles. The van der Waals surface area contributed by atoms with Crippen LogP contribution in [0.15, 0.2) is 0 Å². The minimum atomic E-state index is -1.05. The molecule has 0 heterocycles. The molecule has 110 valence electrons. The van der Waals surface area contributed by atoms with Gasteiger partial charge in [-0.05, 0) is 26.2 Å². The third-order valence-corrected chi connectivity index (χ3v) is 3.64. The van der Waals surface area contributed by atoms with Crippen LogP contribution in [0.3, 0.4) is 0 Å². The highest BCUT2D eigenvalue weighted by atomic mass is 16.3. The minimum Gasteiger partial charge on any atom is -0.396 e. The minimum absolute atomic E-state index is 0.0697. The Bertz CT molecular complexity index is 181. The molecule has 3 nitrogen and oxygen atoms in total. The molecule has 0 aromatic rings. The fourth-order valence-electron chi connectivity index (χ4n) is 2.21. The van der Waals surface area contributed by atoms with Crippen molar-refractivity contribution < 1.29 is 15.3 Å². The Labute approximate surface area is 112 Å². The van der Waals surface area contributed by atoms with Crippen molar-refractivity contribution in [2.24, 2.45) is 0 Å². The average Bonchev–Trinajstić information content (AvgIpc) is 2.35. The lowest BCUT2D eigenvalue weighted by atomic mass is 9.90. The summed E-state index contributed by atoms with van der Waals surface area (Å²) >= 11 is 0. The first kappa shape index (κ1) is 17.9. The van der Waals surface area contributed by atoms with Crippen LogP contribution in [0.4, 0.5) is 0 Å². The van der Waals surface area contributed by atoms with Gasteiger partial charge in [-0.1, -0.05) is 51.9 Å². The molecule has 0 aromatic heterocycles. The molecule has 18 heavy (non-hydrogen) atoms. The van der Waals surface area contributed by atoms with Crippen LogP contribution >= 0.6 is 0 Å². The topological polar surface area (TPSA) is 60.7 Å². The second-order valence-corrected chi connectivity index (χ2v) is 5.61. The average molecular weight is 260 g/mol. The molecule has 0 saturated heterocycles. The molecule has 3 N–H and O–H groups in total. The summed E-state index contributed by atoms with van der Waals surface area (Å²) < 4.78 is 0. The predicted molar refractivity (Wildman–Crippen MR) is 75.6 cm³/mol. The van der Waals surface area contributed by atoms with Crippen LogP contribution in [0.25, 0.3) is 0 Å². The van der Waals surface area contributed by atoms with E-state index in [1.54, 1.807) is 6.92 Å². The smallest absolute Gasteiger partial charge is 0.0878 e. The lowest BCUT2D eigenvalue weighted by Crippen LogP contribution is -2.39. The highest BCUT2D eigenvalue weighted by molar-refractivity contribution is 4.81. The number of rotatable bonds is 12. The van der Waals surface area contributed by atoms with Gasteiger partial charge in [-0.15, -0.1) is 0 Å². The van der Waals surface area contributed by atoms with Crippen molar-refractivity contribution in [2.75, 3.05) is 6.61 Å². The first-order valence-electron chi connectivity index (χ1n) is 7.56. The summed E-state index contributed by atoms with van der Waals surface area (Å²) in [7, 11) is 0. The number of hydrogen-bond donors (Lipinski definition) is 3. The molecular formula is C15H32O3. The van der Waals surface area contributed by atoms with Gasteiger partial charge in [0, 0.05) is 6.61 Å². The maximum absolute atomic E-state index is 10.0. The number of aliphatic hydroxyl groups is 3. The van der Waals surface area contributed by atoms with Crippen molar-refractivity contribution >= 4 is 0 Å². The van der Waals surface area contributed by atoms with Crippen molar-refractivity contribution in [2.45, 2.75) is 89.8 Å². The largest absolute Gasteiger partial charge is 0.396 e. The van der Waals surface area contributed by atoms with Gasteiger partial charge in [0.05, 0.1) is 11.7 Å². The van der Waals surface area contributed by atoms with E-state index in [1.165, 1.54) is 32.1 Å². The van der Waals surface area contributed by atoms with Crippen LogP contribution in [-0.2, 0) is 0 Å². The molecule has 2 unspecified atom stereocenters. The van der Waals surface area contributed by atoms with E-state index < -0.39 is 11.7 Å².